The third-order valence-electron chi connectivity index (χ3n) is 14.3. The molecule has 0 aliphatic carbocycles. The third kappa shape index (κ3) is 12.6. The Morgan fingerprint density at radius 1 is 0.537 bits per heavy atom. The number of aromatic amines is 4. The Balaban J connectivity index is 0.000000123. The second-order valence-electron chi connectivity index (χ2n) is 23.1. The number of rotatable bonds is 13. The van der Waals surface area contributed by atoms with Gasteiger partial charge in [-0.3, -0.25) is 39.4 Å². The number of nitrogens with zero attached hydrogens (tertiary/aromatic N) is 11. The molecule has 13 rings (SSSR count). The van der Waals surface area contributed by atoms with Crippen LogP contribution in [0.4, 0.5) is 0 Å². The van der Waals surface area contributed by atoms with Crippen LogP contribution in [0.1, 0.15) is 27.7 Å². The van der Waals surface area contributed by atoms with Crippen LogP contribution in [0.15, 0.2) is 129 Å². The van der Waals surface area contributed by atoms with Crippen LogP contribution in [0.5, 0.6) is 0 Å². The summed E-state index contributed by atoms with van der Waals surface area (Å²) in [7, 11) is -2.49. The highest BCUT2D eigenvalue weighted by Gasteiger charge is 2.52. The molecule has 1 aliphatic rings. The van der Waals surface area contributed by atoms with E-state index in [1.807, 2.05) is 112 Å². The monoisotopic (exact) mass is 1130 g/mol. The summed E-state index contributed by atoms with van der Waals surface area (Å²) >= 11 is 6.06. The van der Waals surface area contributed by atoms with Gasteiger partial charge in [0.25, 0.3) is 0 Å². The van der Waals surface area contributed by atoms with Crippen molar-refractivity contribution in [3.05, 3.63) is 134 Å². The molecule has 13 heterocycles. The van der Waals surface area contributed by atoms with Gasteiger partial charge in [-0.25, -0.2) is 15.0 Å². The molecule has 0 atom stereocenters. The van der Waals surface area contributed by atoms with E-state index in [-0.39, 0.29) is 18.3 Å². The minimum Gasteiger partial charge on any atom is -0.399 e. The van der Waals surface area contributed by atoms with Crippen molar-refractivity contribution in [3.8, 4) is 22.5 Å². The molecule has 12 aromatic rings. The number of ether oxygens (including phenoxy) is 2. The Kier molecular flexibility index (Phi) is 16.3. The van der Waals surface area contributed by atoms with Crippen LogP contribution in [-0.4, -0.2) is 122 Å². The molecule has 0 aromatic carbocycles. The molecule has 0 saturated carbocycles. The lowest BCUT2D eigenvalue weighted by atomic mass is 9.82. The summed E-state index contributed by atoms with van der Waals surface area (Å²) in [5.41, 5.74) is 9.83. The summed E-state index contributed by atoms with van der Waals surface area (Å²) in [5.74, 6) is 0. The van der Waals surface area contributed by atoms with Gasteiger partial charge in [0.2, 0.25) is 0 Å². The number of H-pyrrole nitrogens is 4. The molecule has 412 valence electrons. The molecule has 0 unspecified atom stereocenters. The largest absolute Gasteiger partial charge is 0.498 e. The Bertz CT molecular complexity index is 3990. The molecular weight excluding hydrogens is 1060 g/mol. The SMILES string of the molecule is CC1(C)OB(c2cn[nH]c2)OC1(C)C.C[Si](C)(C)CCOCn1c2cnccc2c2ccc(-c3cn[nH]c3)nc21.C[Si](C)(C)CCOCn1c2cnccc2c2ccc(Cl)nc21.c1cc2c(cn1)[nH]c1nc(-c3cn[nH]c3)ccc12. The molecule has 0 spiro atoms. The number of fused-ring (bicyclic) bond motifs is 9. The zero-order chi connectivity index (χ0) is 56.2. The lowest BCUT2D eigenvalue weighted by Gasteiger charge is -2.32. The first kappa shape index (κ1) is 55.9. The van der Waals surface area contributed by atoms with Crippen molar-refractivity contribution in [1.82, 2.24) is 74.6 Å². The highest BCUT2D eigenvalue weighted by Crippen LogP contribution is 2.37. The van der Waals surface area contributed by atoms with Crippen molar-refractivity contribution in [2.75, 3.05) is 13.2 Å². The first-order valence-corrected chi connectivity index (χ1v) is 34.4. The van der Waals surface area contributed by atoms with Gasteiger partial charge in [0.05, 0.1) is 70.1 Å². The molecule has 4 N–H and O–H groups in total. The van der Waals surface area contributed by atoms with Crippen LogP contribution in [0.3, 0.4) is 0 Å². The predicted molar refractivity (Wildman–Crippen MR) is 324 cm³/mol. The van der Waals surface area contributed by atoms with Crippen molar-refractivity contribution in [2.24, 2.45) is 0 Å². The Labute approximate surface area is 470 Å². The molecule has 0 amide bonds. The van der Waals surface area contributed by atoms with Gasteiger partial charge in [0.15, 0.2) is 0 Å². The van der Waals surface area contributed by atoms with E-state index in [2.05, 4.69) is 116 Å². The van der Waals surface area contributed by atoms with Gasteiger partial charge in [-0.1, -0.05) is 50.9 Å². The lowest BCUT2D eigenvalue weighted by molar-refractivity contribution is 0.00578. The van der Waals surface area contributed by atoms with Gasteiger partial charge >= 0.3 is 7.12 Å². The Hall–Kier alpha value is -7.44. The topological polar surface area (TPSA) is 226 Å². The maximum absolute atomic E-state index is 6.06. The number of aromatic nitrogens is 15. The van der Waals surface area contributed by atoms with E-state index in [9.17, 15) is 0 Å². The number of hydrogen-bond donors (Lipinski definition) is 4. The highest BCUT2D eigenvalue weighted by molar-refractivity contribution is 6.76. The van der Waals surface area contributed by atoms with E-state index in [1.54, 1.807) is 37.2 Å². The van der Waals surface area contributed by atoms with Crippen LogP contribution in [-0.2, 0) is 32.2 Å². The molecule has 1 fully saturated rings. The predicted octanol–water partition coefficient (Wildman–Crippen LogP) is 12.0. The fraction of sp³-hybridized carbons (Fsp3) is 0.316. The number of halogens is 1. The molecule has 1 aliphatic heterocycles. The van der Waals surface area contributed by atoms with Crippen LogP contribution in [0.25, 0.3) is 88.3 Å². The summed E-state index contributed by atoms with van der Waals surface area (Å²) in [5, 5.41) is 27.4. The van der Waals surface area contributed by atoms with Gasteiger partial charge in [-0.05, 0) is 94.4 Å². The summed E-state index contributed by atoms with van der Waals surface area (Å²) < 4.78 is 27.7. The van der Waals surface area contributed by atoms with E-state index in [1.165, 1.54) is 0 Å². The quantitative estimate of drug-likeness (QED) is 0.0479. The normalized spacial score (nSPS) is 14.2. The summed E-state index contributed by atoms with van der Waals surface area (Å²) in [6.45, 7) is 24.8. The van der Waals surface area contributed by atoms with E-state index in [4.69, 9.17) is 35.4 Å². The molecule has 23 heteroatoms. The van der Waals surface area contributed by atoms with Crippen molar-refractivity contribution in [2.45, 2.75) is 104 Å². The minimum atomic E-state index is -1.10. The molecule has 80 heavy (non-hydrogen) atoms. The van der Waals surface area contributed by atoms with Gasteiger partial charge in [-0.15, -0.1) is 0 Å². The first-order chi connectivity index (χ1) is 38.3. The van der Waals surface area contributed by atoms with E-state index < -0.39 is 16.1 Å². The summed E-state index contributed by atoms with van der Waals surface area (Å²) in [6, 6.07) is 20.4. The molecule has 19 nitrogen and oxygen atoms in total. The van der Waals surface area contributed by atoms with Gasteiger partial charge in [0, 0.05) is 122 Å². The maximum atomic E-state index is 6.06. The fourth-order valence-electron chi connectivity index (χ4n) is 9.02. The van der Waals surface area contributed by atoms with Gasteiger partial charge in [-0.2, -0.15) is 15.3 Å². The zero-order valence-electron chi connectivity index (χ0n) is 46.9. The average molecular weight is 1130 g/mol. The van der Waals surface area contributed by atoms with Crippen molar-refractivity contribution in [1.29, 1.82) is 0 Å². The maximum Gasteiger partial charge on any atom is 0.498 e. The van der Waals surface area contributed by atoms with Crippen molar-refractivity contribution in [3.63, 3.8) is 0 Å². The highest BCUT2D eigenvalue weighted by atomic mass is 35.5. The number of hydrogen-bond acceptors (Lipinski definition) is 13. The standard InChI is InChI=1S/C19H23N5OSi.C16H20ClN3OSi.C13H9N5.C9H15BN2O2/c1-26(2,3)9-8-25-13-24-18-12-20-7-6-15(18)16-4-5-17(23-19(16)24)14-10-21-22-11-14;1-22(2,3)9-8-21-11-20-14-10-18-7-6-12(14)13-4-5-15(17)19-16(13)20;1-2-11(8-5-15-16-6-8)17-13-10(1)9-3-4-14-7-12(9)18-13;1-8(2)9(3,4)14-10(13-8)7-5-11-12-6-7/h4-7,10-12H,8-9,13H2,1-3H3,(H,21,22);4-7,10H,8-9,11H2,1-3H3;1-7H,(H,15,16)(H,17,18);5-6H,1-4H3,(H,11,12). The first-order valence-electron chi connectivity index (χ1n) is 26.6. The fourth-order valence-corrected chi connectivity index (χ4v) is 10.7. The molecular formula is C57H67BClN15O4Si2. The van der Waals surface area contributed by atoms with Crippen LogP contribution in [0.2, 0.25) is 56.5 Å². The lowest BCUT2D eigenvalue weighted by Crippen LogP contribution is -2.41. The van der Waals surface area contributed by atoms with Crippen molar-refractivity contribution >= 4 is 106 Å². The summed E-state index contributed by atoms with van der Waals surface area (Å²) in [4.78, 5) is 29.9. The van der Waals surface area contributed by atoms with Crippen LogP contribution in [0, 0.1) is 0 Å². The molecule has 12 aromatic heterocycles. The second-order valence-corrected chi connectivity index (χ2v) is 34.8. The molecule has 1 saturated heterocycles. The van der Waals surface area contributed by atoms with Gasteiger partial charge in [0.1, 0.15) is 35.6 Å². The third-order valence-corrected chi connectivity index (χ3v) is 17.9. The Morgan fingerprint density at radius 2 is 1.02 bits per heavy atom. The zero-order valence-corrected chi connectivity index (χ0v) is 49.6. The average Bonchev–Trinajstić information content (AvgIpc) is 4.34. The molecule has 0 bridgehead atoms. The number of pyridine rings is 6. The number of nitrogens with one attached hydrogen (secondary N) is 4. The van der Waals surface area contributed by atoms with Gasteiger partial charge < -0.3 is 23.8 Å². The molecule has 0 radical (unpaired) electrons. The van der Waals surface area contributed by atoms with Crippen molar-refractivity contribution < 1.29 is 18.8 Å². The summed E-state index contributed by atoms with van der Waals surface area (Å²) in [6.07, 6.45) is 21.7. The minimum absolute atomic E-state index is 0.283. The van der Waals surface area contributed by atoms with E-state index >= 15 is 0 Å². The van der Waals surface area contributed by atoms with E-state index in [0.717, 1.165) is 119 Å². The smallest absolute Gasteiger partial charge is 0.399 e. The Morgan fingerprint density at radius 3 is 1.55 bits per heavy atom. The van der Waals surface area contributed by atoms with E-state index in [0.29, 0.717) is 18.6 Å². The second kappa shape index (κ2) is 23.3. The van der Waals surface area contributed by atoms with Crippen LogP contribution < -0.4 is 5.46 Å². The van der Waals surface area contributed by atoms with Crippen LogP contribution >= 0.6 is 11.6 Å².